The lowest BCUT2D eigenvalue weighted by molar-refractivity contribution is -0.140. The third-order valence-corrected chi connectivity index (χ3v) is 5.40. The predicted octanol–water partition coefficient (Wildman–Crippen LogP) is 1.98. The Hall–Kier alpha value is -3.69. The van der Waals surface area contributed by atoms with Gasteiger partial charge in [-0.1, -0.05) is 42.5 Å². The van der Waals surface area contributed by atoms with Gasteiger partial charge in [0.1, 0.15) is 12.1 Å². The highest BCUT2D eigenvalue weighted by atomic mass is 19.4. The van der Waals surface area contributed by atoms with Crippen LogP contribution in [0.25, 0.3) is 0 Å². The summed E-state index contributed by atoms with van der Waals surface area (Å²) >= 11 is 0. The smallest absolute Gasteiger partial charge is 0.363 e. The number of likely N-dealkylation sites (tertiary alicyclic amines) is 1. The van der Waals surface area contributed by atoms with Gasteiger partial charge in [0.25, 0.3) is 5.91 Å². The van der Waals surface area contributed by atoms with E-state index >= 15 is 0 Å². The van der Waals surface area contributed by atoms with Crippen molar-refractivity contribution in [3.05, 3.63) is 71.3 Å². The number of nitrogens with zero attached hydrogens (tertiary/aromatic N) is 1. The molecule has 0 radical (unpaired) electrons. The van der Waals surface area contributed by atoms with E-state index in [9.17, 15) is 32.3 Å². The molecule has 0 bridgehead atoms. The van der Waals surface area contributed by atoms with E-state index in [0.29, 0.717) is 5.56 Å². The second-order valence-corrected chi connectivity index (χ2v) is 7.75. The fraction of sp³-hybridized carbons (Fsp3) is 0.304. The Morgan fingerprint density at radius 3 is 2.36 bits per heavy atom. The number of hydrogen-bond acceptors (Lipinski definition) is 4. The highest BCUT2D eigenvalue weighted by Gasteiger charge is 2.38. The van der Waals surface area contributed by atoms with E-state index in [1.807, 2.05) is 0 Å². The number of ketones is 1. The standard InChI is InChI=1S/C23H22F3N3O4/c24-23(25,26)16-8-4-7-15(11-16)13-29-18(9-10-19(29)30)22(33)28-17(20(31)21(27)32)12-14-5-2-1-3-6-14/h1-8,11,17-18H,9-10,12-13H2,(H2,27,32)(H,28,33)/t17?,18-/m0/s1. The number of hydrogen-bond donors (Lipinski definition) is 2. The summed E-state index contributed by atoms with van der Waals surface area (Å²) < 4.78 is 39.0. The first kappa shape index (κ1) is 24.0. The van der Waals surface area contributed by atoms with Gasteiger partial charge in [-0.2, -0.15) is 13.2 Å². The van der Waals surface area contributed by atoms with Crippen molar-refractivity contribution in [2.24, 2.45) is 5.73 Å². The third-order valence-electron chi connectivity index (χ3n) is 5.40. The minimum absolute atomic E-state index is 0.0165. The number of alkyl halides is 3. The highest BCUT2D eigenvalue weighted by molar-refractivity contribution is 6.37. The third kappa shape index (κ3) is 5.97. The molecule has 3 amide bonds. The molecule has 2 aromatic carbocycles. The summed E-state index contributed by atoms with van der Waals surface area (Å²) in [4.78, 5) is 50.3. The lowest BCUT2D eigenvalue weighted by Crippen LogP contribution is -2.53. The van der Waals surface area contributed by atoms with Gasteiger partial charge in [-0.3, -0.25) is 19.2 Å². The van der Waals surface area contributed by atoms with Crippen LogP contribution < -0.4 is 11.1 Å². The molecule has 0 aliphatic carbocycles. The van der Waals surface area contributed by atoms with Crippen LogP contribution in [0.4, 0.5) is 13.2 Å². The number of carbonyl (C=O) groups excluding carboxylic acids is 4. The molecule has 1 aliphatic heterocycles. The van der Waals surface area contributed by atoms with Crippen LogP contribution in [0.2, 0.25) is 0 Å². The number of amides is 3. The van der Waals surface area contributed by atoms with Crippen molar-refractivity contribution in [3.8, 4) is 0 Å². The molecule has 7 nitrogen and oxygen atoms in total. The summed E-state index contributed by atoms with van der Waals surface area (Å²) in [5.74, 6) is -3.27. The number of benzene rings is 2. The number of carbonyl (C=O) groups is 4. The SMILES string of the molecule is NC(=O)C(=O)C(Cc1ccccc1)NC(=O)[C@@H]1CCC(=O)N1Cc1cccc(C(F)(F)F)c1. The summed E-state index contributed by atoms with van der Waals surface area (Å²) in [7, 11) is 0. The Balaban J connectivity index is 1.77. The van der Waals surface area contributed by atoms with Gasteiger partial charge in [-0.05, 0) is 29.7 Å². The average molecular weight is 461 g/mol. The zero-order valence-electron chi connectivity index (χ0n) is 17.5. The molecule has 3 rings (SSSR count). The molecule has 1 fully saturated rings. The summed E-state index contributed by atoms with van der Waals surface area (Å²) in [6.07, 6.45) is -4.36. The van der Waals surface area contributed by atoms with Crippen LogP contribution >= 0.6 is 0 Å². The fourth-order valence-corrected chi connectivity index (χ4v) is 3.75. The molecule has 3 N–H and O–H groups in total. The van der Waals surface area contributed by atoms with E-state index in [-0.39, 0.29) is 31.4 Å². The van der Waals surface area contributed by atoms with Crippen molar-refractivity contribution < 1.29 is 32.3 Å². The second kappa shape index (κ2) is 9.85. The molecule has 33 heavy (non-hydrogen) atoms. The second-order valence-electron chi connectivity index (χ2n) is 7.75. The lowest BCUT2D eigenvalue weighted by atomic mass is 10.0. The van der Waals surface area contributed by atoms with Crippen LogP contribution in [0.15, 0.2) is 54.6 Å². The maximum atomic E-state index is 13.0. The van der Waals surface area contributed by atoms with Gasteiger partial charge in [0.2, 0.25) is 17.6 Å². The molecule has 1 saturated heterocycles. The van der Waals surface area contributed by atoms with Gasteiger partial charge in [0.15, 0.2) is 0 Å². The lowest BCUT2D eigenvalue weighted by Gasteiger charge is -2.26. The molecular formula is C23H22F3N3O4. The van der Waals surface area contributed by atoms with Crippen LogP contribution in [0.3, 0.4) is 0 Å². The Morgan fingerprint density at radius 2 is 1.73 bits per heavy atom. The number of rotatable bonds is 8. The Morgan fingerprint density at radius 1 is 1.06 bits per heavy atom. The Labute approximate surface area is 187 Å². The van der Waals surface area contributed by atoms with Crippen molar-refractivity contribution in [2.45, 2.75) is 44.1 Å². The maximum absolute atomic E-state index is 13.0. The molecule has 0 aromatic heterocycles. The van der Waals surface area contributed by atoms with Crippen LogP contribution in [0.1, 0.15) is 29.5 Å². The van der Waals surface area contributed by atoms with Gasteiger partial charge in [0.05, 0.1) is 5.56 Å². The van der Waals surface area contributed by atoms with E-state index in [1.165, 1.54) is 17.0 Å². The highest BCUT2D eigenvalue weighted by Crippen LogP contribution is 2.30. The molecule has 1 unspecified atom stereocenters. The van der Waals surface area contributed by atoms with Crippen molar-refractivity contribution in [1.82, 2.24) is 10.2 Å². The predicted molar refractivity (Wildman–Crippen MR) is 111 cm³/mol. The quantitative estimate of drug-likeness (QED) is 0.586. The van der Waals surface area contributed by atoms with Gasteiger partial charge >= 0.3 is 6.18 Å². The van der Waals surface area contributed by atoms with E-state index in [4.69, 9.17) is 5.73 Å². The minimum Gasteiger partial charge on any atom is -0.363 e. The summed E-state index contributed by atoms with van der Waals surface area (Å²) in [5.41, 5.74) is 5.16. The first-order chi connectivity index (χ1) is 15.6. The largest absolute Gasteiger partial charge is 0.416 e. The zero-order chi connectivity index (χ0) is 24.2. The normalized spacial score (nSPS) is 17.0. The summed E-state index contributed by atoms with van der Waals surface area (Å²) in [6, 6.07) is 10.9. The molecule has 0 spiro atoms. The van der Waals surface area contributed by atoms with Gasteiger partial charge in [-0.25, -0.2) is 0 Å². The number of halogens is 3. The molecule has 0 saturated carbocycles. The molecule has 1 heterocycles. The Kier molecular flexibility index (Phi) is 7.15. The van der Waals surface area contributed by atoms with Crippen LogP contribution in [0, 0.1) is 0 Å². The van der Waals surface area contributed by atoms with E-state index in [0.717, 1.165) is 12.1 Å². The monoisotopic (exact) mass is 461 g/mol. The number of Topliss-reactive ketones (excluding diaryl/α,β-unsaturated/α-hetero) is 1. The van der Waals surface area contributed by atoms with Crippen LogP contribution in [0.5, 0.6) is 0 Å². The molecule has 2 aromatic rings. The summed E-state index contributed by atoms with van der Waals surface area (Å²) in [6.45, 7) is -0.200. The molecular weight excluding hydrogens is 439 g/mol. The number of nitrogens with two attached hydrogens (primary N) is 1. The van der Waals surface area contributed by atoms with Crippen LogP contribution in [-0.4, -0.2) is 40.5 Å². The first-order valence-electron chi connectivity index (χ1n) is 10.2. The van der Waals surface area contributed by atoms with E-state index in [1.54, 1.807) is 30.3 Å². The summed E-state index contributed by atoms with van der Waals surface area (Å²) in [5, 5.41) is 2.50. The van der Waals surface area contributed by atoms with Crippen molar-refractivity contribution in [1.29, 1.82) is 0 Å². The molecule has 2 atom stereocenters. The number of primary amides is 1. The van der Waals surface area contributed by atoms with E-state index < -0.39 is 47.3 Å². The van der Waals surface area contributed by atoms with Crippen LogP contribution in [-0.2, 0) is 38.3 Å². The van der Waals surface area contributed by atoms with Crippen molar-refractivity contribution in [2.75, 3.05) is 0 Å². The topological polar surface area (TPSA) is 110 Å². The van der Waals surface area contributed by atoms with Gasteiger partial charge < -0.3 is 16.0 Å². The maximum Gasteiger partial charge on any atom is 0.416 e. The fourth-order valence-electron chi connectivity index (χ4n) is 3.75. The van der Waals surface area contributed by atoms with Crippen molar-refractivity contribution in [3.63, 3.8) is 0 Å². The van der Waals surface area contributed by atoms with Gasteiger partial charge in [-0.15, -0.1) is 0 Å². The average Bonchev–Trinajstić information content (AvgIpc) is 3.13. The molecule has 1 aliphatic rings. The van der Waals surface area contributed by atoms with Crippen molar-refractivity contribution >= 4 is 23.5 Å². The molecule has 10 heteroatoms. The van der Waals surface area contributed by atoms with E-state index in [2.05, 4.69) is 5.32 Å². The van der Waals surface area contributed by atoms with Gasteiger partial charge in [0, 0.05) is 19.4 Å². The zero-order valence-corrected chi connectivity index (χ0v) is 17.5. The number of nitrogens with one attached hydrogen (secondary N) is 1. The first-order valence-corrected chi connectivity index (χ1v) is 10.2. The molecule has 174 valence electrons. The Bertz CT molecular complexity index is 1060. The minimum atomic E-state index is -4.54.